The Morgan fingerprint density at radius 3 is 1.09 bits per heavy atom. The summed E-state index contributed by atoms with van der Waals surface area (Å²) in [7, 11) is 3.95. The molecule has 310 valence electrons. The van der Waals surface area contributed by atoms with Crippen LogP contribution in [0.1, 0.15) is 172 Å². The normalized spacial score (nSPS) is 11.0. The summed E-state index contributed by atoms with van der Waals surface area (Å²) in [6, 6.07) is 5.89. The van der Waals surface area contributed by atoms with E-state index in [1.165, 1.54) is 64.2 Å². The van der Waals surface area contributed by atoms with E-state index in [0.717, 1.165) is 55.2 Å². The molecule has 0 atom stereocenters. The molecule has 0 N–H and O–H groups in total. The minimum Gasteiger partial charge on any atom is -0.461 e. The molecule has 0 aliphatic heterocycles. The van der Waals surface area contributed by atoms with Crippen LogP contribution in [0.3, 0.4) is 0 Å². The molecule has 11 heteroatoms. The molecule has 0 heterocycles. The summed E-state index contributed by atoms with van der Waals surface area (Å²) in [6.07, 6.45) is 19.6. The van der Waals surface area contributed by atoms with E-state index in [-0.39, 0.29) is 51.2 Å². The summed E-state index contributed by atoms with van der Waals surface area (Å²) in [5.41, 5.74) is 2.69. The van der Waals surface area contributed by atoms with Gasteiger partial charge in [-0.1, -0.05) is 103 Å². The third-order valence-corrected chi connectivity index (χ3v) is 8.84. The van der Waals surface area contributed by atoms with Crippen molar-refractivity contribution in [3.8, 4) is 0 Å². The number of unbranched alkanes of at least 4 members (excludes halogenated alkanes) is 16. The maximum Gasteiger partial charge on any atom is 0.508 e. The van der Waals surface area contributed by atoms with E-state index >= 15 is 0 Å². The van der Waals surface area contributed by atoms with Crippen LogP contribution in [0.25, 0.3) is 0 Å². The Morgan fingerprint density at radius 1 is 0.426 bits per heavy atom. The van der Waals surface area contributed by atoms with Crippen LogP contribution in [-0.4, -0.2) is 69.7 Å². The third kappa shape index (κ3) is 30.0. The van der Waals surface area contributed by atoms with Crippen molar-refractivity contribution in [1.29, 1.82) is 0 Å². The van der Waals surface area contributed by atoms with Gasteiger partial charge >= 0.3 is 24.2 Å². The summed E-state index contributed by atoms with van der Waals surface area (Å²) < 4.78 is 31.6. The first kappa shape index (κ1) is 48.7. The van der Waals surface area contributed by atoms with E-state index in [2.05, 4.69) is 13.8 Å². The Hall–Kier alpha value is -3.34. The predicted molar refractivity (Wildman–Crippen MR) is 211 cm³/mol. The third-order valence-electron chi connectivity index (χ3n) is 8.84. The fourth-order valence-corrected chi connectivity index (χ4v) is 5.85. The molecule has 0 saturated carbocycles. The maximum absolute atomic E-state index is 12.4. The van der Waals surface area contributed by atoms with E-state index in [1.807, 2.05) is 37.2 Å². The SMILES string of the molecule is CCCCCCCCCOC(=O)OCCCCCC(=O)OCc1cc(COC(=O)CCCCCOC(=O)OCCCCCCCCC)cc(CN(C)C)c1. The molecule has 0 bridgehead atoms. The van der Waals surface area contributed by atoms with Gasteiger partial charge in [0.1, 0.15) is 13.2 Å². The molecule has 1 aromatic carbocycles. The lowest BCUT2D eigenvalue weighted by atomic mass is 10.1. The Bertz CT molecular complexity index is 1050. The number of carbonyl (C=O) groups excluding carboxylic acids is 4. The van der Waals surface area contributed by atoms with Gasteiger partial charge in [-0.15, -0.1) is 0 Å². The number of carbonyl (C=O) groups is 4. The zero-order valence-corrected chi connectivity index (χ0v) is 34.3. The average molecular weight is 764 g/mol. The Morgan fingerprint density at radius 2 is 0.741 bits per heavy atom. The fourth-order valence-electron chi connectivity index (χ4n) is 5.85. The molecule has 0 aliphatic carbocycles. The van der Waals surface area contributed by atoms with Crippen molar-refractivity contribution in [2.45, 2.75) is 175 Å². The second-order valence-electron chi connectivity index (χ2n) is 14.5. The molecule has 0 radical (unpaired) electrons. The number of rotatable bonds is 34. The number of hydrogen-bond acceptors (Lipinski definition) is 11. The number of benzene rings is 1. The maximum atomic E-state index is 12.4. The summed E-state index contributed by atoms with van der Waals surface area (Å²) in [4.78, 5) is 50.4. The van der Waals surface area contributed by atoms with Gasteiger partial charge in [0.05, 0.1) is 26.4 Å². The van der Waals surface area contributed by atoms with Gasteiger partial charge in [0.2, 0.25) is 0 Å². The van der Waals surface area contributed by atoms with Crippen molar-refractivity contribution in [1.82, 2.24) is 4.90 Å². The molecule has 0 spiro atoms. The van der Waals surface area contributed by atoms with Crippen molar-refractivity contribution in [3.05, 3.63) is 34.9 Å². The predicted octanol–water partition coefficient (Wildman–Crippen LogP) is 10.8. The molecule has 0 fully saturated rings. The molecular formula is C43H73NO10. The van der Waals surface area contributed by atoms with E-state index in [0.29, 0.717) is 45.4 Å². The van der Waals surface area contributed by atoms with E-state index in [4.69, 9.17) is 28.4 Å². The van der Waals surface area contributed by atoms with Crippen LogP contribution >= 0.6 is 0 Å². The van der Waals surface area contributed by atoms with Crippen LogP contribution in [0.4, 0.5) is 9.59 Å². The van der Waals surface area contributed by atoms with Gasteiger partial charge in [0.15, 0.2) is 0 Å². The lowest BCUT2D eigenvalue weighted by Gasteiger charge is -2.14. The highest BCUT2D eigenvalue weighted by Gasteiger charge is 2.10. The van der Waals surface area contributed by atoms with Gasteiger partial charge in [-0.05, 0) is 88.2 Å². The molecule has 0 aliphatic rings. The molecule has 0 aromatic heterocycles. The van der Waals surface area contributed by atoms with Crippen LogP contribution in [0, 0.1) is 0 Å². The second-order valence-corrected chi connectivity index (χ2v) is 14.5. The summed E-state index contributed by atoms with van der Waals surface area (Å²) in [5.74, 6) is -0.580. The zero-order chi connectivity index (χ0) is 39.5. The monoisotopic (exact) mass is 764 g/mol. The largest absolute Gasteiger partial charge is 0.508 e. The Labute approximate surface area is 326 Å². The summed E-state index contributed by atoms with van der Waals surface area (Å²) in [6.45, 7) is 6.66. The Kier molecular flexibility index (Phi) is 30.8. The van der Waals surface area contributed by atoms with Crippen molar-refractivity contribution < 1.29 is 47.6 Å². The number of ether oxygens (including phenoxy) is 6. The first-order valence-electron chi connectivity index (χ1n) is 20.9. The van der Waals surface area contributed by atoms with Gasteiger partial charge in [0.25, 0.3) is 0 Å². The minimum atomic E-state index is -0.627. The quantitative estimate of drug-likeness (QED) is 0.0378. The lowest BCUT2D eigenvalue weighted by molar-refractivity contribution is -0.145. The zero-order valence-electron chi connectivity index (χ0n) is 34.3. The lowest BCUT2D eigenvalue weighted by Crippen LogP contribution is -2.12. The van der Waals surface area contributed by atoms with Crippen molar-refractivity contribution >= 4 is 24.2 Å². The first-order chi connectivity index (χ1) is 26.2. The number of esters is 2. The van der Waals surface area contributed by atoms with Crippen molar-refractivity contribution in [2.75, 3.05) is 40.5 Å². The average Bonchev–Trinajstić information content (AvgIpc) is 3.14. The van der Waals surface area contributed by atoms with E-state index in [1.54, 1.807) is 0 Å². The van der Waals surface area contributed by atoms with E-state index < -0.39 is 12.3 Å². The standard InChI is InChI=1S/C43H73NO10/c1-5-7-9-11-13-15-21-27-49-42(47)51-29-23-17-19-25-40(45)53-35-38-31-37(34-44(3)4)32-39(33-38)36-54-41(46)26-20-18-24-30-52-43(48)50-28-22-16-14-12-10-8-6-2/h31-33H,5-30,34-36H2,1-4H3. The van der Waals surface area contributed by atoms with Gasteiger partial charge < -0.3 is 33.3 Å². The van der Waals surface area contributed by atoms with Crippen LogP contribution in [-0.2, 0) is 57.8 Å². The highest BCUT2D eigenvalue weighted by molar-refractivity contribution is 5.69. The Balaban J connectivity index is 2.22. The number of hydrogen-bond donors (Lipinski definition) is 0. The minimum absolute atomic E-state index is 0.128. The van der Waals surface area contributed by atoms with Crippen LogP contribution in [0.5, 0.6) is 0 Å². The molecule has 0 amide bonds. The van der Waals surface area contributed by atoms with Gasteiger partial charge in [-0.25, -0.2) is 9.59 Å². The van der Waals surface area contributed by atoms with Crippen LogP contribution in [0.15, 0.2) is 18.2 Å². The molecule has 11 nitrogen and oxygen atoms in total. The molecule has 54 heavy (non-hydrogen) atoms. The molecule has 1 aromatic rings. The highest BCUT2D eigenvalue weighted by atomic mass is 16.7. The molecule has 1 rings (SSSR count). The first-order valence-corrected chi connectivity index (χ1v) is 20.9. The smallest absolute Gasteiger partial charge is 0.461 e. The molecule has 0 saturated heterocycles. The van der Waals surface area contributed by atoms with Gasteiger partial charge in [-0.3, -0.25) is 9.59 Å². The van der Waals surface area contributed by atoms with Crippen molar-refractivity contribution in [2.24, 2.45) is 0 Å². The molecular weight excluding hydrogens is 690 g/mol. The van der Waals surface area contributed by atoms with Crippen molar-refractivity contribution in [3.63, 3.8) is 0 Å². The second kappa shape index (κ2) is 34.2. The topological polar surface area (TPSA) is 127 Å². The highest BCUT2D eigenvalue weighted by Crippen LogP contribution is 2.16. The van der Waals surface area contributed by atoms with Gasteiger partial charge in [-0.2, -0.15) is 0 Å². The fraction of sp³-hybridized carbons (Fsp3) is 0.767. The van der Waals surface area contributed by atoms with Crippen LogP contribution in [0.2, 0.25) is 0 Å². The van der Waals surface area contributed by atoms with Gasteiger partial charge in [0, 0.05) is 19.4 Å². The summed E-state index contributed by atoms with van der Waals surface area (Å²) >= 11 is 0. The van der Waals surface area contributed by atoms with Crippen LogP contribution < -0.4 is 0 Å². The molecule has 0 unspecified atom stereocenters. The van der Waals surface area contributed by atoms with E-state index in [9.17, 15) is 19.2 Å². The number of nitrogens with zero attached hydrogens (tertiary/aromatic N) is 1. The summed E-state index contributed by atoms with van der Waals surface area (Å²) in [5, 5.41) is 0.